The minimum Gasteiger partial charge on any atom is -0.481 e. The van der Waals surface area contributed by atoms with E-state index in [-0.39, 0.29) is 24.4 Å². The molecule has 9 nitrogen and oxygen atoms in total. The van der Waals surface area contributed by atoms with Gasteiger partial charge in [0.2, 0.25) is 0 Å². The number of carbonyl (C=O) groups excluding carboxylic acids is 4. The average Bonchev–Trinajstić information content (AvgIpc) is 3.29. The first-order chi connectivity index (χ1) is 19.7. The van der Waals surface area contributed by atoms with Crippen LogP contribution in [0.1, 0.15) is 66.2 Å². The van der Waals surface area contributed by atoms with Crippen LogP contribution in [-0.4, -0.2) is 53.6 Å². The van der Waals surface area contributed by atoms with Gasteiger partial charge in [0.15, 0.2) is 18.0 Å². The summed E-state index contributed by atoms with van der Waals surface area (Å²) in [4.78, 5) is 61.6. The second kappa shape index (κ2) is 15.3. The Balaban J connectivity index is 1.92. The van der Waals surface area contributed by atoms with Crippen LogP contribution in [0.3, 0.4) is 0 Å². The standard InChI is InChI=1S/C32H34O9/c1-2-3-6-15-25(33)16-18-32(20-21-39-28(36)22-27(34)35)19-17-26(40-30(37)23-11-7-4-8-12-23)29(32)41-31(38)24-13-9-5-10-14-24/h4-5,7-14,16-19,26,29H,2-3,6,15,20-22H2,1H3,(H,34,35)/t26-,29+,32+/m0/s1. The van der Waals surface area contributed by atoms with Gasteiger partial charge in [-0.1, -0.05) is 68.3 Å². The molecule has 2 aromatic rings. The summed E-state index contributed by atoms with van der Waals surface area (Å²) in [6.07, 6.45) is 6.23. The molecule has 3 atom stereocenters. The molecule has 41 heavy (non-hydrogen) atoms. The third-order valence-electron chi connectivity index (χ3n) is 6.62. The molecular formula is C32H34O9. The van der Waals surface area contributed by atoms with Gasteiger partial charge in [0.25, 0.3) is 0 Å². The van der Waals surface area contributed by atoms with Crippen LogP contribution >= 0.6 is 0 Å². The number of ether oxygens (including phenoxy) is 3. The molecule has 1 aliphatic carbocycles. The van der Waals surface area contributed by atoms with Crippen molar-refractivity contribution < 1.29 is 43.3 Å². The lowest BCUT2D eigenvalue weighted by Gasteiger charge is -2.34. The number of ketones is 1. The van der Waals surface area contributed by atoms with Gasteiger partial charge in [0.05, 0.1) is 23.1 Å². The van der Waals surface area contributed by atoms with E-state index in [9.17, 15) is 24.0 Å². The molecule has 3 rings (SSSR count). The van der Waals surface area contributed by atoms with E-state index in [0.717, 1.165) is 19.3 Å². The van der Waals surface area contributed by atoms with Gasteiger partial charge in [0, 0.05) is 6.42 Å². The van der Waals surface area contributed by atoms with Crippen LogP contribution in [0.5, 0.6) is 0 Å². The normalized spacial score (nSPS) is 19.5. The highest BCUT2D eigenvalue weighted by molar-refractivity contribution is 5.91. The number of hydrogen-bond donors (Lipinski definition) is 1. The molecule has 0 heterocycles. The number of carboxylic acid groups (broad SMARTS) is 1. The molecule has 0 bridgehead atoms. The fourth-order valence-corrected chi connectivity index (χ4v) is 4.43. The van der Waals surface area contributed by atoms with Crippen molar-refractivity contribution in [1.82, 2.24) is 0 Å². The van der Waals surface area contributed by atoms with Gasteiger partial charge < -0.3 is 19.3 Å². The zero-order valence-corrected chi connectivity index (χ0v) is 22.9. The van der Waals surface area contributed by atoms with Crippen LogP contribution in [-0.2, 0) is 28.6 Å². The van der Waals surface area contributed by atoms with Crippen molar-refractivity contribution in [1.29, 1.82) is 0 Å². The van der Waals surface area contributed by atoms with Crippen LogP contribution in [0.4, 0.5) is 0 Å². The van der Waals surface area contributed by atoms with Gasteiger partial charge >= 0.3 is 23.9 Å². The fourth-order valence-electron chi connectivity index (χ4n) is 4.43. The number of carboxylic acids is 1. The summed E-state index contributed by atoms with van der Waals surface area (Å²) in [5, 5.41) is 8.87. The Hall–Kier alpha value is -4.53. The number of carbonyl (C=O) groups is 5. The van der Waals surface area contributed by atoms with Gasteiger partial charge in [-0.2, -0.15) is 0 Å². The first-order valence-electron chi connectivity index (χ1n) is 13.5. The Bertz CT molecular complexity index is 1270. The van der Waals surface area contributed by atoms with E-state index < -0.39 is 47.9 Å². The molecule has 0 fully saturated rings. The predicted molar refractivity (Wildman–Crippen MR) is 149 cm³/mol. The fraction of sp³-hybridized carbons (Fsp3) is 0.344. The zero-order chi connectivity index (χ0) is 29.7. The highest BCUT2D eigenvalue weighted by Gasteiger charge is 2.48. The van der Waals surface area contributed by atoms with Crippen molar-refractivity contribution in [3.05, 3.63) is 96.1 Å². The lowest BCUT2D eigenvalue weighted by atomic mass is 9.80. The van der Waals surface area contributed by atoms with Crippen LogP contribution in [0.25, 0.3) is 0 Å². The Labute approximate surface area is 238 Å². The largest absolute Gasteiger partial charge is 0.481 e. The van der Waals surface area contributed by atoms with E-state index in [1.165, 1.54) is 6.08 Å². The quantitative estimate of drug-likeness (QED) is 0.0785. The minimum atomic E-state index is -1.33. The number of allylic oxidation sites excluding steroid dienone is 1. The molecule has 0 radical (unpaired) electrons. The average molecular weight is 563 g/mol. The molecule has 0 saturated heterocycles. The number of hydrogen-bond acceptors (Lipinski definition) is 8. The first kappa shape index (κ1) is 31.0. The van der Waals surface area contributed by atoms with Crippen molar-refractivity contribution >= 4 is 29.7 Å². The summed E-state index contributed by atoms with van der Waals surface area (Å²) in [7, 11) is 0. The third-order valence-corrected chi connectivity index (χ3v) is 6.62. The highest BCUT2D eigenvalue weighted by Crippen LogP contribution is 2.42. The summed E-state index contributed by atoms with van der Waals surface area (Å²) in [5.74, 6) is -3.70. The minimum absolute atomic E-state index is 0.0275. The number of unbranched alkanes of at least 4 members (excludes halogenated alkanes) is 2. The van der Waals surface area contributed by atoms with E-state index in [2.05, 4.69) is 0 Å². The van der Waals surface area contributed by atoms with Crippen LogP contribution in [0, 0.1) is 5.41 Å². The van der Waals surface area contributed by atoms with Crippen LogP contribution in [0.15, 0.2) is 85.0 Å². The van der Waals surface area contributed by atoms with Gasteiger partial charge in [-0.25, -0.2) is 9.59 Å². The molecule has 0 unspecified atom stereocenters. The van der Waals surface area contributed by atoms with E-state index >= 15 is 0 Å². The van der Waals surface area contributed by atoms with Crippen LogP contribution < -0.4 is 0 Å². The Morgan fingerprint density at radius 3 is 2.07 bits per heavy atom. The van der Waals surface area contributed by atoms with Gasteiger partial charge in [-0.15, -0.1) is 0 Å². The second-order valence-corrected chi connectivity index (χ2v) is 9.70. The topological polar surface area (TPSA) is 133 Å². The second-order valence-electron chi connectivity index (χ2n) is 9.70. The monoisotopic (exact) mass is 562 g/mol. The summed E-state index contributed by atoms with van der Waals surface area (Å²) < 4.78 is 16.8. The predicted octanol–water partition coefficient (Wildman–Crippen LogP) is 5.11. The Morgan fingerprint density at radius 2 is 1.49 bits per heavy atom. The van der Waals surface area contributed by atoms with Crippen molar-refractivity contribution in [2.45, 2.75) is 57.7 Å². The van der Waals surface area contributed by atoms with Crippen molar-refractivity contribution in [2.75, 3.05) is 6.61 Å². The summed E-state index contributed by atoms with van der Waals surface area (Å²) in [6.45, 7) is 1.80. The molecule has 1 aliphatic rings. The maximum Gasteiger partial charge on any atom is 0.338 e. The molecular weight excluding hydrogens is 528 g/mol. The van der Waals surface area contributed by atoms with Crippen molar-refractivity contribution in [3.63, 3.8) is 0 Å². The molecule has 1 N–H and O–H groups in total. The number of rotatable bonds is 15. The third kappa shape index (κ3) is 9.27. The number of esters is 3. The van der Waals surface area contributed by atoms with E-state index in [1.54, 1.807) is 78.9 Å². The Morgan fingerprint density at radius 1 is 0.878 bits per heavy atom. The molecule has 0 saturated carbocycles. The smallest absolute Gasteiger partial charge is 0.338 e. The van der Waals surface area contributed by atoms with Gasteiger partial charge in [-0.3, -0.25) is 14.4 Å². The molecule has 0 spiro atoms. The molecule has 0 amide bonds. The number of benzene rings is 2. The zero-order valence-electron chi connectivity index (χ0n) is 22.9. The molecule has 0 aromatic heterocycles. The maximum atomic E-state index is 13.2. The van der Waals surface area contributed by atoms with Gasteiger partial charge in [-0.05, 0) is 49.3 Å². The van der Waals surface area contributed by atoms with E-state index in [1.807, 2.05) is 6.92 Å². The van der Waals surface area contributed by atoms with Crippen LogP contribution in [0.2, 0.25) is 0 Å². The van der Waals surface area contributed by atoms with Crippen molar-refractivity contribution in [2.24, 2.45) is 5.41 Å². The number of aliphatic carboxylic acids is 1. The molecule has 9 heteroatoms. The first-order valence-corrected chi connectivity index (χ1v) is 13.5. The summed E-state index contributed by atoms with van der Waals surface area (Å²) >= 11 is 0. The Kier molecular flexibility index (Phi) is 11.6. The lowest BCUT2D eigenvalue weighted by molar-refractivity contribution is -0.152. The summed E-state index contributed by atoms with van der Waals surface area (Å²) in [5.41, 5.74) is -0.625. The van der Waals surface area contributed by atoms with E-state index in [0.29, 0.717) is 12.0 Å². The lowest BCUT2D eigenvalue weighted by Crippen LogP contribution is -2.42. The SMILES string of the molecule is CCCCCC(=O)C=C[C@]1(CCOC(=O)CC(=O)O)C=C[C@H](OC(=O)c2ccccc2)[C@H]1OC(=O)c1ccccc1. The summed E-state index contributed by atoms with van der Waals surface area (Å²) in [6, 6.07) is 16.6. The van der Waals surface area contributed by atoms with Crippen molar-refractivity contribution in [3.8, 4) is 0 Å². The maximum absolute atomic E-state index is 13.2. The van der Waals surface area contributed by atoms with Gasteiger partial charge in [0.1, 0.15) is 6.42 Å². The molecule has 216 valence electrons. The van der Waals surface area contributed by atoms with E-state index in [4.69, 9.17) is 19.3 Å². The highest BCUT2D eigenvalue weighted by atomic mass is 16.6. The molecule has 2 aromatic carbocycles. The molecule has 0 aliphatic heterocycles.